The average molecular weight is 356 g/mol. The molecule has 1 N–H and O–H groups in total. The second-order valence-electron chi connectivity index (χ2n) is 6.43. The fraction of sp³-hybridized carbons (Fsp3) is 0.130. The van der Waals surface area contributed by atoms with Crippen LogP contribution in [-0.4, -0.2) is 10.9 Å². The van der Waals surface area contributed by atoms with Crippen molar-refractivity contribution in [2.75, 3.05) is 5.32 Å². The van der Waals surface area contributed by atoms with Gasteiger partial charge in [-0.1, -0.05) is 55.5 Å². The summed E-state index contributed by atoms with van der Waals surface area (Å²) in [4.78, 5) is 17.3. The molecule has 1 unspecified atom stereocenters. The number of rotatable bonds is 5. The summed E-state index contributed by atoms with van der Waals surface area (Å²) < 4.78 is 5.83. The second-order valence-corrected chi connectivity index (χ2v) is 6.43. The molecule has 0 fully saturated rings. The zero-order valence-electron chi connectivity index (χ0n) is 15.1. The predicted molar refractivity (Wildman–Crippen MR) is 108 cm³/mol. The van der Waals surface area contributed by atoms with Gasteiger partial charge in [0, 0.05) is 11.3 Å². The molecule has 0 aliphatic rings. The van der Waals surface area contributed by atoms with Crippen LogP contribution in [0.15, 0.2) is 83.3 Å². The molecule has 4 nitrogen and oxygen atoms in total. The first-order valence-corrected chi connectivity index (χ1v) is 9.06. The van der Waals surface area contributed by atoms with Gasteiger partial charge in [0.2, 0.25) is 11.8 Å². The summed E-state index contributed by atoms with van der Waals surface area (Å²) in [5.74, 6) is 0.347. The third-order valence-electron chi connectivity index (χ3n) is 4.60. The van der Waals surface area contributed by atoms with Crippen LogP contribution in [0.2, 0.25) is 0 Å². The van der Waals surface area contributed by atoms with Gasteiger partial charge in [0.1, 0.15) is 5.52 Å². The van der Waals surface area contributed by atoms with Gasteiger partial charge >= 0.3 is 0 Å². The second kappa shape index (κ2) is 7.46. The molecule has 1 aromatic heterocycles. The maximum absolute atomic E-state index is 12.8. The lowest BCUT2D eigenvalue weighted by Crippen LogP contribution is -2.20. The van der Waals surface area contributed by atoms with Crippen molar-refractivity contribution in [2.24, 2.45) is 0 Å². The lowest BCUT2D eigenvalue weighted by Gasteiger charge is -2.15. The lowest BCUT2D eigenvalue weighted by atomic mass is 9.95. The first-order valence-electron chi connectivity index (χ1n) is 9.06. The number of carbonyl (C=O) groups is 1. The van der Waals surface area contributed by atoms with Crippen molar-refractivity contribution in [1.82, 2.24) is 4.98 Å². The number of hydrogen-bond donors (Lipinski definition) is 1. The summed E-state index contributed by atoms with van der Waals surface area (Å²) in [7, 11) is 0. The minimum atomic E-state index is -0.181. The van der Waals surface area contributed by atoms with Gasteiger partial charge in [-0.2, -0.15) is 0 Å². The highest BCUT2D eigenvalue weighted by molar-refractivity contribution is 5.96. The standard InChI is InChI=1S/C23H20N2O2/c1-2-19(16-9-4-3-5-10-16)22(26)24-18-12-8-11-17(15-18)23-25-20-13-6-7-14-21(20)27-23/h3-15,19H,2H2,1H3,(H,24,26). The lowest BCUT2D eigenvalue weighted by molar-refractivity contribution is -0.117. The third-order valence-corrected chi connectivity index (χ3v) is 4.60. The Morgan fingerprint density at radius 1 is 1.00 bits per heavy atom. The Morgan fingerprint density at radius 2 is 1.78 bits per heavy atom. The summed E-state index contributed by atoms with van der Waals surface area (Å²) >= 11 is 0. The average Bonchev–Trinajstić information content (AvgIpc) is 3.14. The van der Waals surface area contributed by atoms with Gasteiger partial charge in [0.25, 0.3) is 0 Å². The van der Waals surface area contributed by atoms with Crippen molar-refractivity contribution in [3.05, 3.63) is 84.4 Å². The predicted octanol–water partition coefficient (Wildman–Crippen LogP) is 5.63. The topological polar surface area (TPSA) is 55.1 Å². The van der Waals surface area contributed by atoms with Gasteiger partial charge in [-0.25, -0.2) is 4.98 Å². The van der Waals surface area contributed by atoms with Gasteiger partial charge in [0.05, 0.1) is 5.92 Å². The molecular weight excluding hydrogens is 336 g/mol. The zero-order valence-corrected chi connectivity index (χ0v) is 15.1. The molecule has 1 heterocycles. The summed E-state index contributed by atoms with van der Waals surface area (Å²) in [5.41, 5.74) is 4.15. The summed E-state index contributed by atoms with van der Waals surface area (Å²) in [6.45, 7) is 2.02. The highest BCUT2D eigenvalue weighted by Crippen LogP contribution is 2.27. The van der Waals surface area contributed by atoms with E-state index in [9.17, 15) is 4.79 Å². The van der Waals surface area contributed by atoms with Crippen molar-refractivity contribution in [2.45, 2.75) is 19.3 Å². The first-order chi connectivity index (χ1) is 13.2. The molecule has 134 valence electrons. The number of oxazole rings is 1. The van der Waals surface area contributed by atoms with Crippen LogP contribution in [0, 0.1) is 0 Å². The number of amides is 1. The maximum Gasteiger partial charge on any atom is 0.231 e. The number of anilines is 1. The van der Waals surface area contributed by atoms with E-state index in [1.165, 1.54) is 0 Å². The molecular formula is C23H20N2O2. The van der Waals surface area contributed by atoms with Crippen LogP contribution < -0.4 is 5.32 Å². The highest BCUT2D eigenvalue weighted by atomic mass is 16.3. The molecule has 27 heavy (non-hydrogen) atoms. The van der Waals surface area contributed by atoms with Crippen molar-refractivity contribution in [3.63, 3.8) is 0 Å². The van der Waals surface area contributed by atoms with E-state index >= 15 is 0 Å². The molecule has 4 rings (SSSR count). The van der Waals surface area contributed by atoms with E-state index in [0.717, 1.165) is 34.3 Å². The van der Waals surface area contributed by atoms with E-state index in [1.807, 2.05) is 85.8 Å². The Balaban J connectivity index is 1.58. The number of nitrogens with one attached hydrogen (secondary N) is 1. The Hall–Kier alpha value is -3.40. The van der Waals surface area contributed by atoms with Gasteiger partial charge < -0.3 is 9.73 Å². The quantitative estimate of drug-likeness (QED) is 0.504. The van der Waals surface area contributed by atoms with Crippen LogP contribution in [0.1, 0.15) is 24.8 Å². The number of para-hydroxylation sites is 2. The number of hydrogen-bond acceptors (Lipinski definition) is 3. The van der Waals surface area contributed by atoms with Crippen LogP contribution >= 0.6 is 0 Å². The van der Waals surface area contributed by atoms with E-state index < -0.39 is 0 Å². The Labute approximate surface area is 157 Å². The fourth-order valence-electron chi connectivity index (χ4n) is 3.21. The maximum atomic E-state index is 12.8. The van der Waals surface area contributed by atoms with Crippen molar-refractivity contribution >= 4 is 22.7 Å². The molecule has 4 heteroatoms. The monoisotopic (exact) mass is 356 g/mol. The van der Waals surface area contributed by atoms with E-state index in [1.54, 1.807) is 0 Å². The number of carbonyl (C=O) groups excluding carboxylic acids is 1. The number of nitrogens with zero attached hydrogens (tertiary/aromatic N) is 1. The summed E-state index contributed by atoms with van der Waals surface area (Å²) in [5, 5.41) is 3.03. The molecule has 0 bridgehead atoms. The number of fused-ring (bicyclic) bond motifs is 1. The van der Waals surface area contributed by atoms with Crippen LogP contribution in [0.25, 0.3) is 22.6 Å². The minimum absolute atomic E-state index is 0.0154. The van der Waals surface area contributed by atoms with Crippen molar-refractivity contribution in [1.29, 1.82) is 0 Å². The zero-order chi connectivity index (χ0) is 18.6. The molecule has 0 spiro atoms. The highest BCUT2D eigenvalue weighted by Gasteiger charge is 2.19. The molecule has 4 aromatic rings. The fourth-order valence-corrected chi connectivity index (χ4v) is 3.21. The van der Waals surface area contributed by atoms with E-state index in [2.05, 4.69) is 10.3 Å². The molecule has 0 radical (unpaired) electrons. The Kier molecular flexibility index (Phi) is 4.71. The van der Waals surface area contributed by atoms with E-state index in [4.69, 9.17) is 4.42 Å². The van der Waals surface area contributed by atoms with Crippen LogP contribution in [0.3, 0.4) is 0 Å². The molecule has 3 aromatic carbocycles. The van der Waals surface area contributed by atoms with Gasteiger partial charge in [0.15, 0.2) is 5.58 Å². The molecule has 1 atom stereocenters. The molecule has 0 saturated heterocycles. The number of aromatic nitrogens is 1. The molecule has 0 saturated carbocycles. The van der Waals surface area contributed by atoms with Crippen molar-refractivity contribution < 1.29 is 9.21 Å². The normalized spacial score (nSPS) is 12.0. The van der Waals surface area contributed by atoms with Crippen LogP contribution in [0.5, 0.6) is 0 Å². The van der Waals surface area contributed by atoms with Crippen LogP contribution in [-0.2, 0) is 4.79 Å². The first kappa shape index (κ1) is 17.0. The summed E-state index contributed by atoms with van der Waals surface area (Å²) in [6, 6.07) is 25.1. The van der Waals surface area contributed by atoms with Gasteiger partial charge in [-0.05, 0) is 42.3 Å². The summed E-state index contributed by atoms with van der Waals surface area (Å²) in [6.07, 6.45) is 0.737. The molecule has 0 aliphatic heterocycles. The van der Waals surface area contributed by atoms with E-state index in [0.29, 0.717) is 5.89 Å². The molecule has 1 amide bonds. The van der Waals surface area contributed by atoms with Gasteiger partial charge in [-0.3, -0.25) is 4.79 Å². The number of benzene rings is 3. The van der Waals surface area contributed by atoms with Gasteiger partial charge in [-0.15, -0.1) is 0 Å². The Bertz CT molecular complexity index is 1040. The van der Waals surface area contributed by atoms with Crippen molar-refractivity contribution in [3.8, 4) is 11.5 Å². The van der Waals surface area contributed by atoms with Crippen LogP contribution in [0.4, 0.5) is 5.69 Å². The smallest absolute Gasteiger partial charge is 0.231 e. The minimum Gasteiger partial charge on any atom is -0.436 e. The Morgan fingerprint density at radius 3 is 2.56 bits per heavy atom. The van der Waals surface area contributed by atoms with E-state index in [-0.39, 0.29) is 11.8 Å². The largest absolute Gasteiger partial charge is 0.436 e. The molecule has 0 aliphatic carbocycles. The SMILES string of the molecule is CCC(C(=O)Nc1cccc(-c2nc3ccccc3o2)c1)c1ccccc1. The third kappa shape index (κ3) is 3.60.